The Bertz CT molecular complexity index is 656. The summed E-state index contributed by atoms with van der Waals surface area (Å²) in [6.45, 7) is 0. The Morgan fingerprint density at radius 1 is 1.42 bits per heavy atom. The summed E-state index contributed by atoms with van der Waals surface area (Å²) in [6, 6.07) is 7.01. The molecule has 94 valence electrons. The Morgan fingerprint density at radius 2 is 2.16 bits per heavy atom. The normalized spacial score (nSPS) is 10.5. The molecule has 0 radical (unpaired) electrons. The number of rotatable bonds is 4. The first kappa shape index (κ1) is 12.8. The summed E-state index contributed by atoms with van der Waals surface area (Å²) >= 11 is 1.05. The maximum absolute atomic E-state index is 10.5. The molecule has 0 unspecified atom stereocenters. The van der Waals surface area contributed by atoms with Crippen LogP contribution in [-0.4, -0.2) is 31.3 Å². The number of thioether (sulfide) groups is 1. The van der Waals surface area contributed by atoms with Crippen LogP contribution in [0.1, 0.15) is 5.82 Å². The largest absolute Gasteiger partial charge is 0.478 e. The van der Waals surface area contributed by atoms with E-state index in [1.54, 1.807) is 24.3 Å². The smallest absolute Gasteiger partial charge is 0.328 e. The lowest BCUT2D eigenvalue weighted by molar-refractivity contribution is -0.131. The predicted octanol–water partition coefficient (Wildman–Crippen LogP) is 1.33. The predicted molar refractivity (Wildman–Crippen MR) is 67.3 cm³/mol. The number of aliphatic carboxylic acids is 1. The topological polar surface area (TPSA) is 105 Å². The van der Waals surface area contributed by atoms with E-state index in [1.165, 1.54) is 10.8 Å². The summed E-state index contributed by atoms with van der Waals surface area (Å²) in [5.74, 6) is -0.765. The molecule has 0 atom stereocenters. The molecule has 2 rings (SSSR count). The van der Waals surface area contributed by atoms with Gasteiger partial charge in [-0.25, -0.2) is 4.79 Å². The first-order valence-corrected chi connectivity index (χ1v) is 5.88. The Balaban J connectivity index is 2.30. The number of carboxylic acids is 1. The van der Waals surface area contributed by atoms with E-state index >= 15 is 0 Å². The lowest BCUT2D eigenvalue weighted by Crippen LogP contribution is -1.99. The Hall–Kier alpha value is -2.66. The summed E-state index contributed by atoms with van der Waals surface area (Å²) in [4.78, 5) is 11.3. The highest BCUT2D eigenvalue weighted by molar-refractivity contribution is 8.03. The van der Waals surface area contributed by atoms with Crippen LogP contribution in [0.25, 0.3) is 11.8 Å². The monoisotopic (exact) mass is 273 g/mol. The summed E-state index contributed by atoms with van der Waals surface area (Å²) in [7, 11) is 0. The summed E-state index contributed by atoms with van der Waals surface area (Å²) in [5.41, 5.74) is 0.678. The van der Waals surface area contributed by atoms with Gasteiger partial charge in [-0.15, -0.1) is 5.10 Å². The van der Waals surface area contributed by atoms with Gasteiger partial charge in [0, 0.05) is 11.0 Å². The molecule has 7 nitrogen and oxygen atoms in total. The zero-order valence-corrected chi connectivity index (χ0v) is 10.3. The fraction of sp³-hybridized carbons (Fsp3) is 0. The number of hydrogen-bond donors (Lipinski definition) is 1. The molecule has 0 bridgehead atoms. The lowest BCUT2D eigenvalue weighted by Gasteiger charge is -2.01. The van der Waals surface area contributed by atoms with Gasteiger partial charge in [-0.05, 0) is 52.5 Å². The second kappa shape index (κ2) is 5.79. The van der Waals surface area contributed by atoms with Gasteiger partial charge in [0.2, 0.25) is 0 Å². The molecule has 1 aromatic heterocycles. The summed E-state index contributed by atoms with van der Waals surface area (Å²) < 4.78 is 1.40. The van der Waals surface area contributed by atoms with Crippen LogP contribution >= 0.6 is 11.8 Å². The number of carboxylic acid groups (broad SMARTS) is 1. The molecule has 1 aromatic carbocycles. The van der Waals surface area contributed by atoms with Gasteiger partial charge >= 0.3 is 5.97 Å². The van der Waals surface area contributed by atoms with Crippen molar-refractivity contribution in [3.63, 3.8) is 0 Å². The van der Waals surface area contributed by atoms with E-state index in [0.717, 1.165) is 22.7 Å². The first-order valence-electron chi connectivity index (χ1n) is 5.06. The number of nitrogens with zero attached hydrogens (tertiary/aromatic N) is 5. The molecule has 0 spiro atoms. The number of tetrazole rings is 1. The number of hydrogen-bond acceptors (Lipinski definition) is 6. The fourth-order valence-electron chi connectivity index (χ4n) is 1.34. The third-order valence-electron chi connectivity index (χ3n) is 2.11. The minimum Gasteiger partial charge on any atom is -0.478 e. The molecule has 0 amide bonds. The van der Waals surface area contributed by atoms with Crippen molar-refractivity contribution in [2.45, 2.75) is 4.90 Å². The summed E-state index contributed by atoms with van der Waals surface area (Å²) in [5, 5.41) is 30.1. The van der Waals surface area contributed by atoms with E-state index < -0.39 is 5.97 Å². The van der Waals surface area contributed by atoms with E-state index in [4.69, 9.17) is 10.4 Å². The fourth-order valence-corrected chi connectivity index (χ4v) is 1.71. The molecule has 0 saturated heterocycles. The van der Waals surface area contributed by atoms with Gasteiger partial charge in [-0.3, -0.25) is 0 Å². The van der Waals surface area contributed by atoms with Crippen LogP contribution in [0, 0.1) is 10.7 Å². The second-order valence-electron chi connectivity index (χ2n) is 3.31. The van der Waals surface area contributed by atoms with Crippen molar-refractivity contribution in [2.24, 2.45) is 0 Å². The Morgan fingerprint density at radius 3 is 2.79 bits per heavy atom. The van der Waals surface area contributed by atoms with Crippen molar-refractivity contribution < 1.29 is 9.90 Å². The summed E-state index contributed by atoms with van der Waals surface area (Å²) in [6.07, 6.45) is 2.27. The number of carbonyl (C=O) groups is 1. The Labute approximate surface area is 112 Å². The van der Waals surface area contributed by atoms with Gasteiger partial charge in [-0.1, -0.05) is 0 Å². The van der Waals surface area contributed by atoms with Crippen LogP contribution in [0.2, 0.25) is 0 Å². The first-order chi connectivity index (χ1) is 9.20. The molecule has 1 N–H and O–H groups in total. The van der Waals surface area contributed by atoms with Crippen LogP contribution in [-0.2, 0) is 4.79 Å². The van der Waals surface area contributed by atoms with E-state index in [2.05, 4.69) is 15.5 Å². The lowest BCUT2D eigenvalue weighted by atomic mass is 10.3. The van der Waals surface area contributed by atoms with Crippen molar-refractivity contribution in [3.05, 3.63) is 36.2 Å². The number of thiocyanates is 1. The average Bonchev–Trinajstić information content (AvgIpc) is 2.86. The van der Waals surface area contributed by atoms with Crippen LogP contribution in [0.3, 0.4) is 0 Å². The molecular weight excluding hydrogens is 266 g/mol. The SMILES string of the molecule is N#CSc1ccc(-n2nnnc2/C=C/C(=O)O)cc1. The molecule has 0 fully saturated rings. The molecule has 0 aliphatic carbocycles. The number of nitriles is 1. The molecule has 8 heteroatoms. The third kappa shape index (κ3) is 3.17. The standard InChI is InChI=1S/C11H7N5O2S/c12-7-19-9-3-1-8(2-4-9)16-10(13-14-15-16)5-6-11(17)18/h1-6H,(H,17,18)/b6-5+. The van der Waals surface area contributed by atoms with Crippen molar-refractivity contribution in [1.29, 1.82) is 5.26 Å². The zero-order valence-electron chi connectivity index (χ0n) is 9.46. The van der Waals surface area contributed by atoms with E-state index in [-0.39, 0.29) is 0 Å². The maximum Gasteiger partial charge on any atom is 0.328 e. The zero-order chi connectivity index (χ0) is 13.7. The minimum atomic E-state index is -1.07. The Kier molecular flexibility index (Phi) is 3.90. The molecule has 0 aliphatic rings. The minimum absolute atomic E-state index is 0.308. The van der Waals surface area contributed by atoms with Crippen LogP contribution in [0.4, 0.5) is 0 Å². The highest BCUT2D eigenvalue weighted by Gasteiger charge is 2.05. The maximum atomic E-state index is 10.5. The van der Waals surface area contributed by atoms with E-state index in [0.29, 0.717) is 11.5 Å². The van der Waals surface area contributed by atoms with Crippen molar-refractivity contribution in [1.82, 2.24) is 20.2 Å². The van der Waals surface area contributed by atoms with Crippen molar-refractivity contribution in [2.75, 3.05) is 0 Å². The van der Waals surface area contributed by atoms with Gasteiger partial charge < -0.3 is 5.11 Å². The average molecular weight is 273 g/mol. The number of benzene rings is 1. The van der Waals surface area contributed by atoms with Crippen LogP contribution in [0.15, 0.2) is 35.2 Å². The molecule has 0 saturated carbocycles. The highest BCUT2D eigenvalue weighted by atomic mass is 32.2. The molecule has 19 heavy (non-hydrogen) atoms. The van der Waals surface area contributed by atoms with Gasteiger partial charge in [0.05, 0.1) is 5.69 Å². The van der Waals surface area contributed by atoms with Gasteiger partial charge in [-0.2, -0.15) is 9.94 Å². The van der Waals surface area contributed by atoms with E-state index in [9.17, 15) is 4.79 Å². The third-order valence-corrected chi connectivity index (χ3v) is 2.71. The van der Waals surface area contributed by atoms with Gasteiger partial charge in [0.15, 0.2) is 5.82 Å². The molecule has 1 heterocycles. The van der Waals surface area contributed by atoms with Gasteiger partial charge in [0.1, 0.15) is 5.40 Å². The van der Waals surface area contributed by atoms with Crippen LogP contribution in [0.5, 0.6) is 0 Å². The van der Waals surface area contributed by atoms with Crippen LogP contribution < -0.4 is 0 Å². The van der Waals surface area contributed by atoms with Gasteiger partial charge in [0.25, 0.3) is 0 Å². The van der Waals surface area contributed by atoms with E-state index in [1.807, 2.05) is 5.40 Å². The second-order valence-corrected chi connectivity index (χ2v) is 4.17. The molecule has 0 aliphatic heterocycles. The van der Waals surface area contributed by atoms with Crippen molar-refractivity contribution in [3.8, 4) is 11.1 Å². The number of aromatic nitrogens is 4. The quantitative estimate of drug-likeness (QED) is 0.509. The van der Waals surface area contributed by atoms with Crippen molar-refractivity contribution >= 4 is 23.8 Å². The molecule has 2 aromatic rings. The highest BCUT2D eigenvalue weighted by Crippen LogP contribution is 2.18. The molecular formula is C11H7N5O2S.